The lowest BCUT2D eigenvalue weighted by Gasteiger charge is -2.22. The maximum atomic E-state index is 12.8. The van der Waals surface area contributed by atoms with E-state index in [1.807, 2.05) is 20.8 Å². The van der Waals surface area contributed by atoms with Gasteiger partial charge in [-0.15, -0.1) is 0 Å². The van der Waals surface area contributed by atoms with Crippen molar-refractivity contribution in [2.45, 2.75) is 65.6 Å². The molecule has 29 heavy (non-hydrogen) atoms. The number of aryl methyl sites for hydroxylation is 2. The SMILES string of the molecule is CCn1cc(C)c(C(=O)N[C@@H](CC(C)C)C(=O)N[C@H](C#N)C[C@@H]2CCNC2=O)n1. The Labute approximate surface area is 171 Å². The van der Waals surface area contributed by atoms with E-state index in [1.54, 1.807) is 17.8 Å². The molecule has 1 saturated heterocycles. The fourth-order valence-electron chi connectivity index (χ4n) is 3.41. The molecule has 158 valence electrons. The highest BCUT2D eigenvalue weighted by Crippen LogP contribution is 2.16. The first-order valence-corrected chi connectivity index (χ1v) is 10.1. The largest absolute Gasteiger partial charge is 0.356 e. The number of amides is 3. The molecule has 3 atom stereocenters. The van der Waals surface area contributed by atoms with Gasteiger partial charge in [-0.3, -0.25) is 19.1 Å². The molecule has 1 aliphatic rings. The predicted octanol–water partition coefficient (Wildman–Crippen LogP) is 0.891. The molecule has 3 amide bonds. The van der Waals surface area contributed by atoms with Gasteiger partial charge in [0, 0.05) is 30.8 Å². The summed E-state index contributed by atoms with van der Waals surface area (Å²) in [6.45, 7) is 8.86. The maximum Gasteiger partial charge on any atom is 0.272 e. The summed E-state index contributed by atoms with van der Waals surface area (Å²) in [7, 11) is 0. The fraction of sp³-hybridized carbons (Fsp3) is 0.650. The van der Waals surface area contributed by atoms with Crippen LogP contribution in [0.15, 0.2) is 6.20 Å². The lowest BCUT2D eigenvalue weighted by molar-refractivity contribution is -0.125. The van der Waals surface area contributed by atoms with Crippen LogP contribution in [-0.2, 0) is 16.1 Å². The van der Waals surface area contributed by atoms with Crippen LogP contribution in [0.25, 0.3) is 0 Å². The normalized spacial score (nSPS) is 18.1. The molecule has 1 aromatic rings. The van der Waals surface area contributed by atoms with Gasteiger partial charge in [-0.2, -0.15) is 10.4 Å². The first-order valence-electron chi connectivity index (χ1n) is 10.1. The molecule has 9 heteroatoms. The summed E-state index contributed by atoms with van der Waals surface area (Å²) in [5.41, 5.74) is 1.02. The van der Waals surface area contributed by atoms with Gasteiger partial charge in [0.1, 0.15) is 12.1 Å². The van der Waals surface area contributed by atoms with Crippen molar-refractivity contribution in [3.8, 4) is 6.07 Å². The Bertz CT molecular complexity index is 795. The van der Waals surface area contributed by atoms with Crippen molar-refractivity contribution >= 4 is 17.7 Å². The summed E-state index contributed by atoms with van der Waals surface area (Å²) in [5.74, 6) is -1.06. The fourth-order valence-corrected chi connectivity index (χ4v) is 3.41. The second kappa shape index (κ2) is 10.0. The molecule has 0 unspecified atom stereocenters. The van der Waals surface area contributed by atoms with E-state index in [4.69, 9.17) is 0 Å². The zero-order valence-electron chi connectivity index (χ0n) is 17.5. The molecule has 1 fully saturated rings. The highest BCUT2D eigenvalue weighted by atomic mass is 16.2. The van der Waals surface area contributed by atoms with E-state index < -0.39 is 23.9 Å². The van der Waals surface area contributed by atoms with Gasteiger partial charge in [-0.05, 0) is 39.0 Å². The lowest BCUT2D eigenvalue weighted by atomic mass is 9.98. The number of hydrogen-bond donors (Lipinski definition) is 3. The predicted molar refractivity (Wildman–Crippen MR) is 107 cm³/mol. The van der Waals surface area contributed by atoms with Crippen molar-refractivity contribution in [1.29, 1.82) is 5.26 Å². The molecule has 0 aliphatic carbocycles. The van der Waals surface area contributed by atoms with Gasteiger partial charge in [0.2, 0.25) is 11.8 Å². The number of nitriles is 1. The first kappa shape index (κ1) is 22.4. The molecule has 3 N–H and O–H groups in total. The molecule has 1 aromatic heterocycles. The highest BCUT2D eigenvalue weighted by molar-refractivity contribution is 5.97. The second-order valence-electron chi connectivity index (χ2n) is 7.87. The standard InChI is InChI=1S/C20H30N6O3/c1-5-26-11-13(4)17(25-26)20(29)24-16(8-12(2)3)19(28)23-15(10-21)9-14-6-7-22-18(14)27/h11-12,14-16H,5-9H2,1-4H3,(H,22,27)(H,23,28)(H,24,29)/t14-,15-,16-/m0/s1. The molecular formula is C20H30N6O3. The molecule has 0 radical (unpaired) electrons. The topological polar surface area (TPSA) is 129 Å². The number of nitrogens with one attached hydrogen (secondary N) is 3. The average Bonchev–Trinajstić information content (AvgIpc) is 3.25. The Morgan fingerprint density at radius 3 is 2.66 bits per heavy atom. The minimum Gasteiger partial charge on any atom is -0.356 e. The van der Waals surface area contributed by atoms with E-state index in [-0.39, 0.29) is 29.9 Å². The van der Waals surface area contributed by atoms with Crippen LogP contribution in [0, 0.1) is 30.1 Å². The maximum absolute atomic E-state index is 12.8. The highest BCUT2D eigenvalue weighted by Gasteiger charge is 2.30. The molecule has 1 aliphatic heterocycles. The number of aromatic nitrogens is 2. The number of nitrogens with zero attached hydrogens (tertiary/aromatic N) is 3. The van der Waals surface area contributed by atoms with Crippen LogP contribution in [0.3, 0.4) is 0 Å². The number of carbonyl (C=O) groups is 3. The van der Waals surface area contributed by atoms with E-state index in [2.05, 4.69) is 27.1 Å². The summed E-state index contributed by atoms with van der Waals surface area (Å²) in [6.07, 6.45) is 3.12. The van der Waals surface area contributed by atoms with Gasteiger partial charge < -0.3 is 16.0 Å². The van der Waals surface area contributed by atoms with Crippen molar-refractivity contribution in [2.24, 2.45) is 11.8 Å². The van der Waals surface area contributed by atoms with Gasteiger partial charge in [0.25, 0.3) is 5.91 Å². The quantitative estimate of drug-likeness (QED) is 0.565. The molecule has 0 saturated carbocycles. The van der Waals surface area contributed by atoms with Crippen LogP contribution in [0.5, 0.6) is 0 Å². The first-order chi connectivity index (χ1) is 13.7. The second-order valence-corrected chi connectivity index (χ2v) is 7.87. The summed E-state index contributed by atoms with van der Waals surface area (Å²) in [6, 6.07) is 0.475. The Kier molecular flexibility index (Phi) is 7.76. The molecule has 2 heterocycles. The van der Waals surface area contributed by atoms with Crippen molar-refractivity contribution in [3.63, 3.8) is 0 Å². The summed E-state index contributed by atoms with van der Waals surface area (Å²) in [4.78, 5) is 37.2. The van der Waals surface area contributed by atoms with E-state index in [0.29, 0.717) is 25.9 Å². The monoisotopic (exact) mass is 402 g/mol. The van der Waals surface area contributed by atoms with Gasteiger partial charge in [0.15, 0.2) is 5.69 Å². The Hall–Kier alpha value is -2.89. The van der Waals surface area contributed by atoms with Crippen LogP contribution >= 0.6 is 0 Å². The van der Waals surface area contributed by atoms with Crippen molar-refractivity contribution in [2.75, 3.05) is 6.54 Å². The Morgan fingerprint density at radius 1 is 1.41 bits per heavy atom. The van der Waals surface area contributed by atoms with Crippen molar-refractivity contribution < 1.29 is 14.4 Å². The zero-order chi connectivity index (χ0) is 21.6. The third-order valence-electron chi connectivity index (χ3n) is 4.97. The summed E-state index contributed by atoms with van der Waals surface area (Å²) in [5, 5.41) is 21.8. The average molecular weight is 402 g/mol. The van der Waals surface area contributed by atoms with Crippen LogP contribution in [0.4, 0.5) is 0 Å². The van der Waals surface area contributed by atoms with E-state index in [9.17, 15) is 19.6 Å². The number of carbonyl (C=O) groups excluding carboxylic acids is 3. The molecule has 0 aromatic carbocycles. The minimum atomic E-state index is -0.790. The third-order valence-corrected chi connectivity index (χ3v) is 4.97. The third kappa shape index (κ3) is 6.04. The van der Waals surface area contributed by atoms with Gasteiger partial charge >= 0.3 is 0 Å². The summed E-state index contributed by atoms with van der Waals surface area (Å²) < 4.78 is 1.67. The van der Waals surface area contributed by atoms with Crippen LogP contribution in [-0.4, -0.2) is 46.1 Å². The van der Waals surface area contributed by atoms with Crippen molar-refractivity contribution in [1.82, 2.24) is 25.7 Å². The van der Waals surface area contributed by atoms with Gasteiger partial charge in [-0.1, -0.05) is 13.8 Å². The van der Waals surface area contributed by atoms with Gasteiger partial charge in [-0.25, -0.2) is 0 Å². The molecular weight excluding hydrogens is 372 g/mol. The lowest BCUT2D eigenvalue weighted by Crippen LogP contribution is -2.50. The Balaban J connectivity index is 2.06. The molecule has 2 rings (SSSR count). The molecule has 0 bridgehead atoms. The van der Waals surface area contributed by atoms with Crippen molar-refractivity contribution in [3.05, 3.63) is 17.5 Å². The Morgan fingerprint density at radius 2 is 2.14 bits per heavy atom. The smallest absolute Gasteiger partial charge is 0.272 e. The van der Waals surface area contributed by atoms with E-state index >= 15 is 0 Å². The van der Waals surface area contributed by atoms with Crippen LogP contribution < -0.4 is 16.0 Å². The van der Waals surface area contributed by atoms with E-state index in [0.717, 1.165) is 5.56 Å². The number of rotatable bonds is 9. The molecule has 0 spiro atoms. The minimum absolute atomic E-state index is 0.0893. The van der Waals surface area contributed by atoms with E-state index in [1.165, 1.54) is 0 Å². The zero-order valence-corrected chi connectivity index (χ0v) is 17.5. The van der Waals surface area contributed by atoms with Crippen LogP contribution in [0.2, 0.25) is 0 Å². The number of hydrogen-bond acceptors (Lipinski definition) is 5. The van der Waals surface area contributed by atoms with Crippen LogP contribution in [0.1, 0.15) is 56.1 Å². The molecule has 9 nitrogen and oxygen atoms in total. The summed E-state index contributed by atoms with van der Waals surface area (Å²) >= 11 is 0. The van der Waals surface area contributed by atoms with Gasteiger partial charge in [0.05, 0.1) is 6.07 Å².